The maximum atomic E-state index is 6.21. The molecule has 1 aliphatic rings. The lowest BCUT2D eigenvalue weighted by Crippen LogP contribution is -2.12. The van der Waals surface area contributed by atoms with Gasteiger partial charge in [-0.3, -0.25) is 0 Å². The number of aromatic nitrogens is 3. The number of benzene rings is 9. The van der Waals surface area contributed by atoms with Crippen LogP contribution in [0.15, 0.2) is 223 Å². The number of hydrogen-bond acceptors (Lipinski definition) is 4. The van der Waals surface area contributed by atoms with E-state index < -0.39 is 0 Å². The molecular weight excluding hydrogens is 769 g/mol. The van der Waals surface area contributed by atoms with E-state index in [4.69, 9.17) is 14.4 Å². The van der Waals surface area contributed by atoms with Crippen molar-refractivity contribution in [2.24, 2.45) is 0 Å². The second-order valence-electron chi connectivity index (χ2n) is 16.1. The van der Waals surface area contributed by atoms with Gasteiger partial charge in [-0.25, -0.2) is 9.97 Å². The maximum absolute atomic E-state index is 6.21. The van der Waals surface area contributed by atoms with Crippen molar-refractivity contribution in [3.63, 3.8) is 0 Å². The number of nitrogens with zero attached hydrogens (tertiary/aromatic N) is 4. The number of fused-ring (bicyclic) bond motifs is 11. The first-order valence-electron chi connectivity index (χ1n) is 21.3. The Labute approximate surface area is 363 Å². The summed E-state index contributed by atoms with van der Waals surface area (Å²) in [5.41, 5.74) is 16.8. The van der Waals surface area contributed by atoms with Crippen molar-refractivity contribution in [3.05, 3.63) is 218 Å². The van der Waals surface area contributed by atoms with Crippen molar-refractivity contribution in [3.8, 4) is 62.0 Å². The second-order valence-corrected chi connectivity index (χ2v) is 16.1. The molecule has 12 aromatic rings. The van der Waals surface area contributed by atoms with Crippen molar-refractivity contribution in [1.29, 1.82) is 0 Å². The van der Waals surface area contributed by atoms with Gasteiger partial charge in [-0.05, 0) is 72.1 Å². The van der Waals surface area contributed by atoms with Crippen LogP contribution in [0, 0.1) is 0 Å². The summed E-state index contributed by atoms with van der Waals surface area (Å²) in [5, 5.41) is 5.53. The number of para-hydroxylation sites is 5. The van der Waals surface area contributed by atoms with Gasteiger partial charge < -0.3 is 13.9 Å². The number of hydrogen-bond donors (Lipinski definition) is 0. The molecule has 0 amide bonds. The highest BCUT2D eigenvalue weighted by molar-refractivity contribution is 6.15. The van der Waals surface area contributed by atoms with Gasteiger partial charge in [-0.2, -0.15) is 0 Å². The summed E-state index contributed by atoms with van der Waals surface area (Å²) in [6.07, 6.45) is 0. The van der Waals surface area contributed by atoms with E-state index in [9.17, 15) is 0 Å². The summed E-state index contributed by atoms with van der Waals surface area (Å²) in [7, 11) is 0. The van der Waals surface area contributed by atoms with E-state index in [1.54, 1.807) is 0 Å². The van der Waals surface area contributed by atoms with E-state index in [0.717, 1.165) is 89.1 Å². The lowest BCUT2D eigenvalue weighted by Gasteiger charge is -2.29. The Morgan fingerprint density at radius 1 is 0.365 bits per heavy atom. The summed E-state index contributed by atoms with van der Waals surface area (Å²) >= 11 is 0. The highest BCUT2D eigenvalue weighted by Crippen LogP contribution is 2.55. The summed E-state index contributed by atoms with van der Waals surface area (Å²) in [6.45, 7) is 0. The zero-order chi connectivity index (χ0) is 41.4. The van der Waals surface area contributed by atoms with Crippen LogP contribution in [-0.2, 0) is 0 Å². The van der Waals surface area contributed by atoms with Gasteiger partial charge in [-0.15, -0.1) is 0 Å². The first kappa shape index (κ1) is 35.2. The standard InChI is InChI=1S/C58H36N4O/c1-3-17-37(18-4-1)48-36-49(38-33-34-55-47(35-38)42-21-10-14-32-54(42)63-55)60-58(59-48)43-27-15-26-41-40(43)25-16-31-50(41)62-52-29-12-8-23-45(52)56-44-22-7-11-28-51(44)61(39-19-5-2-6-20-39)57(56)46-24-9-13-30-53(46)62/h1-36H. The third-order valence-corrected chi connectivity index (χ3v) is 12.6. The van der Waals surface area contributed by atoms with Crippen LogP contribution < -0.4 is 4.90 Å². The summed E-state index contributed by atoms with van der Waals surface area (Å²) in [5.74, 6) is 0.665. The summed E-state index contributed by atoms with van der Waals surface area (Å²) in [6, 6.07) is 77.4. The Bertz CT molecular complexity index is 3750. The highest BCUT2D eigenvalue weighted by Gasteiger charge is 2.32. The molecule has 5 nitrogen and oxygen atoms in total. The molecule has 294 valence electrons. The van der Waals surface area contributed by atoms with Crippen molar-refractivity contribution in [1.82, 2.24) is 14.5 Å². The molecule has 13 rings (SSSR count). The van der Waals surface area contributed by atoms with Crippen LogP contribution in [0.5, 0.6) is 0 Å². The van der Waals surface area contributed by atoms with Gasteiger partial charge in [-0.1, -0.05) is 152 Å². The molecule has 63 heavy (non-hydrogen) atoms. The Hall–Kier alpha value is -8.54. The Balaban J connectivity index is 1.04. The zero-order valence-corrected chi connectivity index (χ0v) is 34.0. The van der Waals surface area contributed by atoms with E-state index in [-0.39, 0.29) is 0 Å². The van der Waals surface area contributed by atoms with E-state index >= 15 is 0 Å². The van der Waals surface area contributed by atoms with Crippen molar-refractivity contribution in [2.75, 3.05) is 4.90 Å². The fourth-order valence-electron chi connectivity index (χ4n) is 9.79. The second kappa shape index (κ2) is 14.0. The van der Waals surface area contributed by atoms with Crippen LogP contribution in [0.25, 0.3) is 106 Å². The predicted octanol–water partition coefficient (Wildman–Crippen LogP) is 15.6. The lowest BCUT2D eigenvalue weighted by molar-refractivity contribution is 0.669. The number of anilines is 3. The minimum Gasteiger partial charge on any atom is -0.456 e. The molecule has 5 heteroatoms. The van der Waals surface area contributed by atoms with Crippen LogP contribution in [0.3, 0.4) is 0 Å². The van der Waals surface area contributed by atoms with Crippen molar-refractivity contribution in [2.45, 2.75) is 0 Å². The van der Waals surface area contributed by atoms with Gasteiger partial charge in [0.15, 0.2) is 5.82 Å². The quantitative estimate of drug-likeness (QED) is 0.174. The smallest absolute Gasteiger partial charge is 0.161 e. The minimum absolute atomic E-state index is 0.665. The number of rotatable bonds is 5. The topological polar surface area (TPSA) is 47.1 Å². The SMILES string of the molecule is c1ccc(-c2cc(-c3ccc4oc5ccccc5c4c3)nc(-c3cccc4c(N5c6ccccc6-c6c(n(-c7ccccc7)c7ccccc67)-c6ccccc65)cccc34)n2)cc1. The molecule has 0 bridgehead atoms. The van der Waals surface area contributed by atoms with Gasteiger partial charge in [0.1, 0.15) is 11.2 Å². The Morgan fingerprint density at radius 2 is 0.952 bits per heavy atom. The normalized spacial score (nSPS) is 12.1. The average Bonchev–Trinajstić information content (AvgIpc) is 3.87. The predicted molar refractivity (Wildman–Crippen MR) is 259 cm³/mol. The van der Waals surface area contributed by atoms with Crippen LogP contribution >= 0.6 is 0 Å². The van der Waals surface area contributed by atoms with Crippen LogP contribution in [0.1, 0.15) is 0 Å². The van der Waals surface area contributed by atoms with Crippen molar-refractivity contribution >= 4 is 60.7 Å². The van der Waals surface area contributed by atoms with Gasteiger partial charge >= 0.3 is 0 Å². The molecule has 9 aromatic carbocycles. The molecule has 3 aromatic heterocycles. The van der Waals surface area contributed by atoms with Crippen LogP contribution in [-0.4, -0.2) is 14.5 Å². The summed E-state index contributed by atoms with van der Waals surface area (Å²) in [4.78, 5) is 13.2. The molecule has 0 saturated carbocycles. The van der Waals surface area contributed by atoms with E-state index in [0.29, 0.717) is 5.82 Å². The molecule has 0 radical (unpaired) electrons. The molecule has 0 spiro atoms. The van der Waals surface area contributed by atoms with Crippen molar-refractivity contribution < 1.29 is 4.42 Å². The van der Waals surface area contributed by atoms with Gasteiger partial charge in [0, 0.05) is 60.6 Å². The van der Waals surface area contributed by atoms with E-state index in [1.807, 2.05) is 18.2 Å². The first-order chi connectivity index (χ1) is 31.3. The average molecular weight is 805 g/mol. The fraction of sp³-hybridized carbons (Fsp3) is 0. The van der Waals surface area contributed by atoms with E-state index in [1.165, 1.54) is 27.7 Å². The molecule has 0 fully saturated rings. The lowest BCUT2D eigenvalue weighted by atomic mass is 9.98. The molecule has 0 unspecified atom stereocenters. The highest BCUT2D eigenvalue weighted by atomic mass is 16.3. The molecule has 1 aliphatic heterocycles. The van der Waals surface area contributed by atoms with Crippen LogP contribution in [0.2, 0.25) is 0 Å². The molecular formula is C58H36N4O. The zero-order valence-electron chi connectivity index (χ0n) is 34.0. The Kier molecular flexibility index (Phi) is 7.84. The van der Waals surface area contributed by atoms with Gasteiger partial charge in [0.2, 0.25) is 0 Å². The first-order valence-corrected chi connectivity index (χ1v) is 21.3. The largest absolute Gasteiger partial charge is 0.456 e. The molecule has 4 heterocycles. The fourth-order valence-corrected chi connectivity index (χ4v) is 9.79. The summed E-state index contributed by atoms with van der Waals surface area (Å²) < 4.78 is 8.65. The monoisotopic (exact) mass is 804 g/mol. The maximum Gasteiger partial charge on any atom is 0.161 e. The molecule has 0 atom stereocenters. The third kappa shape index (κ3) is 5.50. The van der Waals surface area contributed by atoms with Gasteiger partial charge in [0.05, 0.1) is 39.7 Å². The molecule has 0 N–H and O–H groups in total. The van der Waals surface area contributed by atoms with Gasteiger partial charge in [0.25, 0.3) is 0 Å². The molecule has 0 saturated heterocycles. The molecule has 0 aliphatic carbocycles. The van der Waals surface area contributed by atoms with Crippen LogP contribution in [0.4, 0.5) is 17.1 Å². The third-order valence-electron chi connectivity index (χ3n) is 12.6. The Morgan fingerprint density at radius 3 is 1.79 bits per heavy atom. The number of furan rings is 1. The van der Waals surface area contributed by atoms with E-state index in [2.05, 4.69) is 210 Å². The minimum atomic E-state index is 0.665.